The van der Waals surface area contributed by atoms with Gasteiger partial charge in [0, 0.05) is 25.9 Å². The summed E-state index contributed by atoms with van der Waals surface area (Å²) in [5.74, 6) is 0.680. The van der Waals surface area contributed by atoms with Crippen molar-refractivity contribution in [3.05, 3.63) is 24.4 Å². The fourth-order valence-corrected chi connectivity index (χ4v) is 1.17. The Morgan fingerprint density at radius 3 is 2.53 bits per heavy atom. The highest BCUT2D eigenvalue weighted by atomic mass is 16.2. The molecule has 1 heterocycles. The minimum absolute atomic E-state index is 0.272. The molecule has 1 aromatic rings. The van der Waals surface area contributed by atoms with E-state index in [0.717, 1.165) is 5.56 Å². The van der Waals surface area contributed by atoms with Crippen LogP contribution in [0.25, 0.3) is 6.08 Å². The first kappa shape index (κ1) is 15.0. The van der Waals surface area contributed by atoms with Crippen molar-refractivity contribution in [2.75, 3.05) is 24.7 Å². The second-order valence-electron chi connectivity index (χ2n) is 2.78. The van der Waals surface area contributed by atoms with Crippen LogP contribution in [0.15, 0.2) is 18.8 Å². The molecule has 0 aliphatic heterocycles. The van der Waals surface area contributed by atoms with E-state index in [4.69, 9.17) is 0 Å². The Balaban J connectivity index is 0.00000121. The van der Waals surface area contributed by atoms with Crippen LogP contribution >= 0.6 is 0 Å². The summed E-state index contributed by atoms with van der Waals surface area (Å²) >= 11 is 0. The summed E-state index contributed by atoms with van der Waals surface area (Å²) in [5, 5.41) is 8.09. The van der Waals surface area contributed by atoms with Gasteiger partial charge in [-0.15, -0.1) is 0 Å². The van der Waals surface area contributed by atoms with Crippen molar-refractivity contribution in [2.45, 2.75) is 13.8 Å². The lowest BCUT2D eigenvalue weighted by Gasteiger charge is -2.10. The van der Waals surface area contributed by atoms with Crippen LogP contribution < -0.4 is 16.0 Å². The first-order chi connectivity index (χ1) is 8.22. The SMILES string of the molecule is C=Cc1c(NC(=O)NC)ccnc1NC.CC. The number of carbonyl (C=O) groups is 1. The van der Waals surface area contributed by atoms with Crippen molar-refractivity contribution in [1.82, 2.24) is 10.3 Å². The average molecular weight is 236 g/mol. The summed E-state index contributed by atoms with van der Waals surface area (Å²) in [6.45, 7) is 7.68. The Kier molecular flexibility index (Phi) is 7.17. The number of carbonyl (C=O) groups excluding carboxylic acids is 1. The van der Waals surface area contributed by atoms with Crippen molar-refractivity contribution in [1.29, 1.82) is 0 Å². The van der Waals surface area contributed by atoms with Crippen molar-refractivity contribution < 1.29 is 4.79 Å². The molecule has 0 aliphatic carbocycles. The van der Waals surface area contributed by atoms with E-state index in [2.05, 4.69) is 27.5 Å². The molecule has 0 aliphatic rings. The van der Waals surface area contributed by atoms with Crippen LogP contribution in [0.3, 0.4) is 0 Å². The summed E-state index contributed by atoms with van der Waals surface area (Å²) in [7, 11) is 3.32. The Bertz CT molecular complexity index is 377. The molecule has 2 amide bonds. The predicted octanol–water partition coefficient (Wildman–Crippen LogP) is 2.54. The highest BCUT2D eigenvalue weighted by Crippen LogP contribution is 2.22. The molecule has 0 saturated carbocycles. The predicted molar refractivity (Wildman–Crippen MR) is 73.3 cm³/mol. The molecule has 0 bridgehead atoms. The zero-order chi connectivity index (χ0) is 13.3. The molecule has 17 heavy (non-hydrogen) atoms. The maximum atomic E-state index is 11.2. The number of pyridine rings is 1. The van der Waals surface area contributed by atoms with Gasteiger partial charge in [-0.2, -0.15) is 0 Å². The zero-order valence-corrected chi connectivity index (χ0v) is 10.8. The molecule has 0 saturated heterocycles. The summed E-state index contributed by atoms with van der Waals surface area (Å²) in [6, 6.07) is 1.44. The fourth-order valence-electron chi connectivity index (χ4n) is 1.17. The van der Waals surface area contributed by atoms with Crippen LogP contribution in [0.4, 0.5) is 16.3 Å². The highest BCUT2D eigenvalue weighted by Gasteiger charge is 2.07. The lowest BCUT2D eigenvalue weighted by molar-refractivity contribution is 0.254. The van der Waals surface area contributed by atoms with E-state index in [1.807, 2.05) is 13.8 Å². The third kappa shape index (κ3) is 4.14. The van der Waals surface area contributed by atoms with E-state index in [-0.39, 0.29) is 6.03 Å². The summed E-state index contributed by atoms with van der Waals surface area (Å²) in [6.07, 6.45) is 3.26. The summed E-state index contributed by atoms with van der Waals surface area (Å²) in [4.78, 5) is 15.3. The number of hydrogen-bond acceptors (Lipinski definition) is 3. The number of hydrogen-bond donors (Lipinski definition) is 3. The molecule has 5 nitrogen and oxygen atoms in total. The number of rotatable bonds is 3. The maximum absolute atomic E-state index is 11.2. The molecular weight excluding hydrogens is 216 g/mol. The van der Waals surface area contributed by atoms with Crippen molar-refractivity contribution in [3.8, 4) is 0 Å². The Morgan fingerprint density at radius 1 is 1.41 bits per heavy atom. The highest BCUT2D eigenvalue weighted by molar-refractivity contribution is 5.92. The largest absolute Gasteiger partial charge is 0.373 e. The second-order valence-corrected chi connectivity index (χ2v) is 2.78. The number of amides is 2. The Labute approximate surface area is 102 Å². The number of aromatic nitrogens is 1. The Morgan fingerprint density at radius 2 is 2.06 bits per heavy atom. The molecule has 94 valence electrons. The lowest BCUT2D eigenvalue weighted by Crippen LogP contribution is -2.25. The van der Waals surface area contributed by atoms with Gasteiger partial charge in [-0.05, 0) is 6.07 Å². The number of nitrogens with zero attached hydrogens (tertiary/aromatic N) is 1. The second kappa shape index (κ2) is 8.15. The van der Waals surface area contributed by atoms with Crippen LogP contribution in [0, 0.1) is 0 Å². The lowest BCUT2D eigenvalue weighted by atomic mass is 10.2. The third-order valence-corrected chi connectivity index (χ3v) is 1.91. The van der Waals surface area contributed by atoms with E-state index in [9.17, 15) is 4.79 Å². The molecule has 3 N–H and O–H groups in total. The normalized spacial score (nSPS) is 8.47. The zero-order valence-electron chi connectivity index (χ0n) is 10.8. The fraction of sp³-hybridized carbons (Fsp3) is 0.333. The topological polar surface area (TPSA) is 66.0 Å². The first-order valence-corrected chi connectivity index (χ1v) is 5.50. The Hall–Kier alpha value is -2.04. The van der Waals surface area contributed by atoms with Crippen LogP contribution in [0.2, 0.25) is 0 Å². The van der Waals surface area contributed by atoms with Gasteiger partial charge in [0.25, 0.3) is 0 Å². The molecule has 1 aromatic heterocycles. The van der Waals surface area contributed by atoms with Gasteiger partial charge in [-0.3, -0.25) is 0 Å². The van der Waals surface area contributed by atoms with Crippen molar-refractivity contribution >= 4 is 23.6 Å². The molecule has 0 fully saturated rings. The van der Waals surface area contributed by atoms with E-state index < -0.39 is 0 Å². The molecule has 0 atom stereocenters. The van der Waals surface area contributed by atoms with Gasteiger partial charge in [0.05, 0.1) is 5.69 Å². The quantitative estimate of drug-likeness (QED) is 0.755. The molecule has 0 radical (unpaired) electrons. The third-order valence-electron chi connectivity index (χ3n) is 1.91. The van der Waals surface area contributed by atoms with Gasteiger partial charge >= 0.3 is 6.03 Å². The standard InChI is InChI=1S/C10H14N4O.C2H6/c1-4-7-8(14-10(15)12-3)5-6-13-9(7)11-2;1-2/h4-6H,1H2,2-3H3,(H3,11,12,13,14,15);1-2H3. The average Bonchev–Trinajstić information content (AvgIpc) is 2.40. The number of nitrogens with one attached hydrogen (secondary N) is 3. The van der Waals surface area contributed by atoms with Gasteiger partial charge in [0.1, 0.15) is 5.82 Å². The van der Waals surface area contributed by atoms with Gasteiger partial charge in [0.15, 0.2) is 0 Å². The van der Waals surface area contributed by atoms with Gasteiger partial charge in [-0.1, -0.05) is 26.5 Å². The van der Waals surface area contributed by atoms with Gasteiger partial charge in [-0.25, -0.2) is 9.78 Å². The summed E-state index contributed by atoms with van der Waals surface area (Å²) < 4.78 is 0. The van der Waals surface area contributed by atoms with Crippen LogP contribution in [0.1, 0.15) is 19.4 Å². The van der Waals surface area contributed by atoms with E-state index >= 15 is 0 Å². The van der Waals surface area contributed by atoms with Crippen LogP contribution in [-0.2, 0) is 0 Å². The minimum Gasteiger partial charge on any atom is -0.373 e. The number of urea groups is 1. The van der Waals surface area contributed by atoms with Crippen LogP contribution in [-0.4, -0.2) is 25.1 Å². The molecule has 1 rings (SSSR count). The van der Waals surface area contributed by atoms with Crippen LogP contribution in [0.5, 0.6) is 0 Å². The molecule has 5 heteroatoms. The summed E-state index contributed by atoms with van der Waals surface area (Å²) in [5.41, 5.74) is 1.44. The molecule has 0 spiro atoms. The number of anilines is 2. The smallest absolute Gasteiger partial charge is 0.318 e. The van der Waals surface area contributed by atoms with E-state index in [1.54, 1.807) is 32.4 Å². The minimum atomic E-state index is -0.272. The molecule has 0 unspecified atom stereocenters. The maximum Gasteiger partial charge on any atom is 0.318 e. The van der Waals surface area contributed by atoms with Gasteiger partial charge in [0.2, 0.25) is 0 Å². The van der Waals surface area contributed by atoms with Gasteiger partial charge < -0.3 is 16.0 Å². The molecule has 0 aromatic carbocycles. The first-order valence-electron chi connectivity index (χ1n) is 5.50. The van der Waals surface area contributed by atoms with Crippen molar-refractivity contribution in [3.63, 3.8) is 0 Å². The monoisotopic (exact) mass is 236 g/mol. The molecular formula is C12H20N4O. The van der Waals surface area contributed by atoms with Crippen molar-refractivity contribution in [2.24, 2.45) is 0 Å². The van der Waals surface area contributed by atoms with E-state index in [1.165, 1.54) is 0 Å². The van der Waals surface area contributed by atoms with E-state index in [0.29, 0.717) is 11.5 Å².